The predicted molar refractivity (Wildman–Crippen MR) is 67.9 cm³/mol. The second kappa shape index (κ2) is 5.93. The standard InChI is InChI=1S/C11H7F3N2O4S2/c12-6-1-2-7(10(14)9(6)13)22(19,20)16-11-15-4-5(21-11)3-8(17)18/h1-2,4H,3H2,(H,15,16)(H,17,18)/p-1. The molecule has 0 fully saturated rings. The molecule has 0 atom stereocenters. The first-order valence-corrected chi connectivity index (χ1v) is 7.81. The number of anilines is 1. The van der Waals surface area contributed by atoms with Gasteiger partial charge < -0.3 is 9.90 Å². The van der Waals surface area contributed by atoms with Gasteiger partial charge in [0, 0.05) is 23.5 Å². The number of aromatic nitrogens is 1. The van der Waals surface area contributed by atoms with Gasteiger partial charge in [0.25, 0.3) is 10.0 Å². The van der Waals surface area contributed by atoms with Gasteiger partial charge in [-0.2, -0.15) is 0 Å². The van der Waals surface area contributed by atoms with Crippen LogP contribution in [0.4, 0.5) is 18.3 Å². The lowest BCUT2D eigenvalue weighted by molar-refractivity contribution is -0.304. The molecule has 6 nitrogen and oxygen atoms in total. The zero-order valence-corrected chi connectivity index (χ0v) is 12.1. The van der Waals surface area contributed by atoms with Crippen LogP contribution in [-0.4, -0.2) is 19.4 Å². The second-order valence-electron chi connectivity index (χ2n) is 3.96. The van der Waals surface area contributed by atoms with Crippen LogP contribution >= 0.6 is 11.3 Å². The van der Waals surface area contributed by atoms with Crippen LogP contribution in [0.3, 0.4) is 0 Å². The Morgan fingerprint density at radius 1 is 1.27 bits per heavy atom. The molecule has 118 valence electrons. The monoisotopic (exact) mass is 351 g/mol. The van der Waals surface area contributed by atoms with Gasteiger partial charge in [-0.25, -0.2) is 26.6 Å². The number of thiazole rings is 1. The minimum atomic E-state index is -4.55. The fourth-order valence-corrected chi connectivity index (χ4v) is 3.57. The van der Waals surface area contributed by atoms with Gasteiger partial charge in [0.1, 0.15) is 4.90 Å². The maximum atomic E-state index is 13.5. The van der Waals surface area contributed by atoms with E-state index in [1.807, 2.05) is 4.72 Å². The molecule has 0 radical (unpaired) electrons. The number of carbonyl (C=O) groups excluding carboxylic acids is 1. The third-order valence-electron chi connectivity index (χ3n) is 2.38. The van der Waals surface area contributed by atoms with E-state index in [9.17, 15) is 31.5 Å². The van der Waals surface area contributed by atoms with E-state index in [0.29, 0.717) is 23.5 Å². The summed E-state index contributed by atoms with van der Waals surface area (Å²) >= 11 is 0.683. The van der Waals surface area contributed by atoms with Gasteiger partial charge >= 0.3 is 0 Å². The number of carboxylic acids is 1. The van der Waals surface area contributed by atoms with Crippen LogP contribution in [0.15, 0.2) is 23.2 Å². The number of hydrogen-bond acceptors (Lipinski definition) is 6. The summed E-state index contributed by atoms with van der Waals surface area (Å²) in [4.78, 5) is 13.1. The van der Waals surface area contributed by atoms with Crippen molar-refractivity contribution in [3.8, 4) is 0 Å². The highest BCUT2D eigenvalue weighted by Crippen LogP contribution is 2.25. The van der Waals surface area contributed by atoms with Crippen LogP contribution in [0, 0.1) is 17.5 Å². The second-order valence-corrected chi connectivity index (χ2v) is 6.73. The van der Waals surface area contributed by atoms with Crippen LogP contribution in [0.5, 0.6) is 0 Å². The Hall–Kier alpha value is -2.14. The van der Waals surface area contributed by atoms with Crippen molar-refractivity contribution in [2.75, 3.05) is 4.72 Å². The molecule has 0 unspecified atom stereocenters. The molecule has 11 heteroatoms. The highest BCUT2D eigenvalue weighted by molar-refractivity contribution is 7.93. The van der Waals surface area contributed by atoms with E-state index in [2.05, 4.69) is 4.98 Å². The molecule has 0 saturated heterocycles. The van der Waals surface area contributed by atoms with Crippen molar-refractivity contribution in [2.24, 2.45) is 0 Å². The Balaban J connectivity index is 2.30. The molecule has 2 aromatic rings. The van der Waals surface area contributed by atoms with E-state index in [-0.39, 0.29) is 10.0 Å². The summed E-state index contributed by atoms with van der Waals surface area (Å²) in [6.45, 7) is 0. The van der Waals surface area contributed by atoms with E-state index in [4.69, 9.17) is 0 Å². The Labute approximate surface area is 126 Å². The van der Waals surface area contributed by atoms with Gasteiger partial charge in [0.2, 0.25) is 0 Å². The van der Waals surface area contributed by atoms with E-state index in [0.717, 1.165) is 6.20 Å². The van der Waals surface area contributed by atoms with Crippen molar-refractivity contribution in [1.82, 2.24) is 4.98 Å². The molecular weight excluding hydrogens is 345 g/mol. The average Bonchev–Trinajstić information content (AvgIpc) is 2.81. The van der Waals surface area contributed by atoms with Gasteiger partial charge in [-0.3, -0.25) is 4.72 Å². The number of rotatable bonds is 5. The number of nitrogens with one attached hydrogen (secondary N) is 1. The minimum absolute atomic E-state index is 0.198. The Kier molecular flexibility index (Phi) is 4.37. The number of benzene rings is 1. The third kappa shape index (κ3) is 3.36. The summed E-state index contributed by atoms with van der Waals surface area (Å²) in [5.41, 5.74) is 0. The first-order valence-electron chi connectivity index (χ1n) is 5.51. The first kappa shape index (κ1) is 16.2. The van der Waals surface area contributed by atoms with Gasteiger partial charge in [0.15, 0.2) is 22.6 Å². The molecule has 1 N–H and O–H groups in total. The van der Waals surface area contributed by atoms with Crippen LogP contribution in [0.25, 0.3) is 0 Å². The lowest BCUT2D eigenvalue weighted by atomic mass is 10.3. The minimum Gasteiger partial charge on any atom is -0.550 e. The highest BCUT2D eigenvalue weighted by Gasteiger charge is 2.25. The van der Waals surface area contributed by atoms with Crippen molar-refractivity contribution in [3.05, 3.63) is 40.7 Å². The molecular formula is C11H6F3N2O4S2-. The van der Waals surface area contributed by atoms with Crippen molar-refractivity contribution in [3.63, 3.8) is 0 Å². The van der Waals surface area contributed by atoms with Gasteiger partial charge in [0.05, 0.1) is 0 Å². The zero-order valence-electron chi connectivity index (χ0n) is 10.5. The Bertz CT molecular complexity index is 836. The summed E-state index contributed by atoms with van der Waals surface area (Å²) in [6, 6.07) is 1.03. The molecule has 0 aliphatic heterocycles. The van der Waals surface area contributed by atoms with Crippen molar-refractivity contribution >= 4 is 32.5 Å². The van der Waals surface area contributed by atoms with Gasteiger partial charge in [-0.1, -0.05) is 0 Å². The number of nitrogens with zero attached hydrogens (tertiary/aromatic N) is 1. The van der Waals surface area contributed by atoms with E-state index in [1.54, 1.807) is 0 Å². The fourth-order valence-electron chi connectivity index (χ4n) is 1.46. The number of hydrogen-bond donors (Lipinski definition) is 1. The van der Waals surface area contributed by atoms with E-state index >= 15 is 0 Å². The van der Waals surface area contributed by atoms with Gasteiger partial charge in [-0.05, 0) is 12.1 Å². The highest BCUT2D eigenvalue weighted by atomic mass is 32.2. The van der Waals surface area contributed by atoms with Crippen LogP contribution in [0.1, 0.15) is 4.88 Å². The Morgan fingerprint density at radius 2 is 1.95 bits per heavy atom. The van der Waals surface area contributed by atoms with E-state index in [1.165, 1.54) is 0 Å². The molecule has 1 heterocycles. The molecule has 0 aliphatic carbocycles. The van der Waals surface area contributed by atoms with Crippen molar-refractivity contribution in [1.29, 1.82) is 0 Å². The molecule has 2 rings (SSSR count). The van der Waals surface area contributed by atoms with Crippen molar-refractivity contribution in [2.45, 2.75) is 11.3 Å². The first-order chi connectivity index (χ1) is 10.2. The fraction of sp³-hybridized carbons (Fsp3) is 0.0909. The molecule has 0 saturated carbocycles. The topological polar surface area (TPSA) is 99.2 Å². The molecule has 0 spiro atoms. The maximum absolute atomic E-state index is 13.5. The Morgan fingerprint density at radius 3 is 2.59 bits per heavy atom. The number of sulfonamides is 1. The molecule has 1 aromatic heterocycles. The molecule has 1 aromatic carbocycles. The van der Waals surface area contributed by atoms with Crippen molar-refractivity contribution < 1.29 is 31.5 Å². The molecule has 0 aliphatic rings. The maximum Gasteiger partial charge on any atom is 0.266 e. The smallest absolute Gasteiger partial charge is 0.266 e. The lowest BCUT2D eigenvalue weighted by Gasteiger charge is -2.07. The zero-order chi connectivity index (χ0) is 16.5. The largest absolute Gasteiger partial charge is 0.550 e. The predicted octanol–water partition coefficient (Wildman–Crippen LogP) is 0.654. The van der Waals surface area contributed by atoms with Crippen LogP contribution in [-0.2, 0) is 21.2 Å². The third-order valence-corrected chi connectivity index (χ3v) is 4.78. The van der Waals surface area contributed by atoms with Gasteiger partial charge in [-0.15, -0.1) is 11.3 Å². The number of carbonyl (C=O) groups is 1. The molecule has 0 amide bonds. The summed E-state index contributed by atoms with van der Waals surface area (Å²) in [7, 11) is -4.55. The number of carboxylic acid groups (broad SMARTS) is 1. The van der Waals surface area contributed by atoms with E-state index < -0.39 is 44.8 Å². The summed E-state index contributed by atoms with van der Waals surface area (Å²) in [6.07, 6.45) is 0.624. The average molecular weight is 351 g/mol. The quantitative estimate of drug-likeness (QED) is 0.798. The SMILES string of the molecule is O=C([O-])Cc1cnc(NS(=O)(=O)c2ccc(F)c(F)c2F)s1. The van der Waals surface area contributed by atoms with Crippen LogP contribution in [0.2, 0.25) is 0 Å². The number of aliphatic carboxylic acids is 1. The lowest BCUT2D eigenvalue weighted by Crippen LogP contribution is -2.23. The summed E-state index contributed by atoms with van der Waals surface area (Å²) in [5.74, 6) is -6.69. The molecule has 0 bridgehead atoms. The number of halogens is 3. The normalized spacial score (nSPS) is 11.4. The summed E-state index contributed by atoms with van der Waals surface area (Å²) < 4.78 is 65.1. The summed E-state index contributed by atoms with van der Waals surface area (Å²) in [5, 5.41) is 10.2. The van der Waals surface area contributed by atoms with Crippen LogP contribution < -0.4 is 9.83 Å². The molecule has 22 heavy (non-hydrogen) atoms.